The molecule has 0 saturated carbocycles. The van der Waals surface area contributed by atoms with Gasteiger partial charge in [-0.1, -0.05) is 6.07 Å². The van der Waals surface area contributed by atoms with Crippen LogP contribution in [0.15, 0.2) is 29.9 Å². The first-order chi connectivity index (χ1) is 11.1. The summed E-state index contributed by atoms with van der Waals surface area (Å²) in [6, 6.07) is 4.16. The topological polar surface area (TPSA) is 41.4 Å². The zero-order valence-corrected chi connectivity index (χ0v) is 14.8. The van der Waals surface area contributed by atoms with Crippen LogP contribution < -0.4 is 0 Å². The van der Waals surface area contributed by atoms with E-state index in [2.05, 4.69) is 23.2 Å². The number of carbonyl (C=O) groups excluding carboxylic acids is 1. The van der Waals surface area contributed by atoms with Crippen LogP contribution in [0.25, 0.3) is 0 Å². The van der Waals surface area contributed by atoms with Crippen LogP contribution >= 0.6 is 11.3 Å². The number of hydrogen-bond acceptors (Lipinski definition) is 4. The van der Waals surface area contributed by atoms with E-state index in [4.69, 9.17) is 0 Å². The number of piperidine rings is 1. The van der Waals surface area contributed by atoms with E-state index in [1.807, 2.05) is 47.4 Å². The SMILES string of the molecule is CN(C[C@@H]1CCCN(C)[C@H]1c1cnn(C)c1)C(=O)c1cccs1. The average Bonchev–Trinajstić information content (AvgIpc) is 3.18. The Morgan fingerprint density at radius 2 is 2.30 bits per heavy atom. The van der Waals surface area contributed by atoms with Crippen LogP contribution in [-0.4, -0.2) is 52.7 Å². The Kier molecular flexibility index (Phi) is 4.82. The molecular weight excluding hydrogens is 308 g/mol. The van der Waals surface area contributed by atoms with Crippen LogP contribution in [0.3, 0.4) is 0 Å². The van der Waals surface area contributed by atoms with Crippen molar-refractivity contribution < 1.29 is 4.79 Å². The Morgan fingerprint density at radius 1 is 1.48 bits per heavy atom. The number of aryl methyl sites for hydroxylation is 1. The Morgan fingerprint density at radius 3 is 2.96 bits per heavy atom. The molecule has 124 valence electrons. The summed E-state index contributed by atoms with van der Waals surface area (Å²) in [4.78, 5) is 17.6. The van der Waals surface area contributed by atoms with Gasteiger partial charge in [0.2, 0.25) is 0 Å². The quantitative estimate of drug-likeness (QED) is 0.864. The zero-order chi connectivity index (χ0) is 16.4. The van der Waals surface area contributed by atoms with Gasteiger partial charge in [-0.05, 0) is 43.8 Å². The van der Waals surface area contributed by atoms with Crippen molar-refractivity contribution in [2.75, 3.05) is 27.2 Å². The van der Waals surface area contributed by atoms with Crippen LogP contribution in [0.1, 0.15) is 34.1 Å². The average molecular weight is 332 g/mol. The van der Waals surface area contributed by atoms with Gasteiger partial charge in [0, 0.05) is 38.4 Å². The molecule has 0 bridgehead atoms. The van der Waals surface area contributed by atoms with E-state index < -0.39 is 0 Å². The summed E-state index contributed by atoms with van der Waals surface area (Å²) in [7, 11) is 6.04. The Labute approximate surface area is 141 Å². The van der Waals surface area contributed by atoms with Gasteiger partial charge < -0.3 is 4.90 Å². The molecule has 0 radical (unpaired) electrons. The van der Waals surface area contributed by atoms with E-state index >= 15 is 0 Å². The highest BCUT2D eigenvalue weighted by Gasteiger charge is 2.33. The minimum atomic E-state index is 0.123. The van der Waals surface area contributed by atoms with E-state index in [9.17, 15) is 4.79 Å². The highest BCUT2D eigenvalue weighted by molar-refractivity contribution is 7.12. The van der Waals surface area contributed by atoms with Gasteiger partial charge in [-0.3, -0.25) is 14.4 Å². The summed E-state index contributed by atoms with van der Waals surface area (Å²) in [5.41, 5.74) is 1.25. The molecular formula is C17H24N4OS. The molecule has 0 unspecified atom stereocenters. The number of likely N-dealkylation sites (tertiary alicyclic amines) is 1. The van der Waals surface area contributed by atoms with E-state index in [0.717, 1.165) is 24.4 Å². The predicted octanol–water partition coefficient (Wildman–Crippen LogP) is 2.64. The molecule has 6 heteroatoms. The number of thiophene rings is 1. The first-order valence-electron chi connectivity index (χ1n) is 8.04. The summed E-state index contributed by atoms with van der Waals surface area (Å²) in [6.07, 6.45) is 6.38. The molecule has 0 aromatic carbocycles. The monoisotopic (exact) mass is 332 g/mol. The maximum absolute atomic E-state index is 12.5. The van der Waals surface area contributed by atoms with Crippen molar-refractivity contribution in [3.63, 3.8) is 0 Å². The molecule has 1 amide bonds. The molecule has 2 aromatic rings. The first-order valence-corrected chi connectivity index (χ1v) is 8.92. The molecule has 1 aliphatic heterocycles. The Hall–Kier alpha value is -1.66. The summed E-state index contributed by atoms with van der Waals surface area (Å²) in [5.74, 6) is 0.560. The van der Waals surface area contributed by atoms with Gasteiger partial charge >= 0.3 is 0 Å². The van der Waals surface area contributed by atoms with Gasteiger partial charge in [0.05, 0.1) is 11.1 Å². The van der Waals surface area contributed by atoms with Crippen molar-refractivity contribution >= 4 is 17.2 Å². The minimum absolute atomic E-state index is 0.123. The van der Waals surface area contributed by atoms with Gasteiger partial charge in [0.1, 0.15) is 0 Å². The number of nitrogens with zero attached hydrogens (tertiary/aromatic N) is 4. The van der Waals surface area contributed by atoms with Crippen LogP contribution in [0.5, 0.6) is 0 Å². The highest BCUT2D eigenvalue weighted by atomic mass is 32.1. The number of hydrogen-bond donors (Lipinski definition) is 0. The number of rotatable bonds is 4. The van der Waals surface area contributed by atoms with Crippen LogP contribution in [-0.2, 0) is 7.05 Å². The number of carbonyl (C=O) groups is 1. The van der Waals surface area contributed by atoms with Crippen LogP contribution in [0.4, 0.5) is 0 Å². The third kappa shape index (κ3) is 3.48. The fourth-order valence-electron chi connectivity index (χ4n) is 3.59. The van der Waals surface area contributed by atoms with Crippen molar-refractivity contribution in [3.05, 3.63) is 40.3 Å². The second-order valence-corrected chi connectivity index (χ2v) is 7.39. The molecule has 3 rings (SSSR count). The van der Waals surface area contributed by atoms with E-state index in [1.165, 1.54) is 23.3 Å². The van der Waals surface area contributed by atoms with Gasteiger partial charge in [0.15, 0.2) is 0 Å². The summed E-state index contributed by atoms with van der Waals surface area (Å²) in [6.45, 7) is 1.87. The van der Waals surface area contributed by atoms with E-state index in [-0.39, 0.29) is 5.91 Å². The van der Waals surface area contributed by atoms with Gasteiger partial charge in [-0.25, -0.2) is 0 Å². The molecule has 2 atom stereocenters. The maximum atomic E-state index is 12.5. The summed E-state index contributed by atoms with van der Waals surface area (Å²) < 4.78 is 1.86. The lowest BCUT2D eigenvalue weighted by atomic mass is 9.85. The third-order valence-electron chi connectivity index (χ3n) is 4.66. The summed E-state index contributed by atoms with van der Waals surface area (Å²) >= 11 is 1.51. The molecule has 0 spiro atoms. The van der Waals surface area contributed by atoms with Crippen molar-refractivity contribution in [2.45, 2.75) is 18.9 Å². The molecule has 1 aliphatic rings. The molecule has 23 heavy (non-hydrogen) atoms. The van der Waals surface area contributed by atoms with Gasteiger partial charge in [-0.15, -0.1) is 11.3 Å². The lowest BCUT2D eigenvalue weighted by Crippen LogP contribution is -2.42. The normalized spacial score (nSPS) is 22.2. The molecule has 2 aromatic heterocycles. The van der Waals surface area contributed by atoms with E-state index in [0.29, 0.717) is 12.0 Å². The molecule has 1 saturated heterocycles. The van der Waals surface area contributed by atoms with Crippen LogP contribution in [0, 0.1) is 5.92 Å². The van der Waals surface area contributed by atoms with Crippen molar-refractivity contribution in [1.29, 1.82) is 0 Å². The maximum Gasteiger partial charge on any atom is 0.263 e. The standard InChI is InChI=1S/C17H24N4OS/c1-19-8-4-6-13(16(19)14-10-18-21(3)12-14)11-20(2)17(22)15-7-5-9-23-15/h5,7,9-10,12-13,16H,4,6,8,11H2,1-3H3/t13-,16+/m0/s1. The van der Waals surface area contributed by atoms with Gasteiger partial charge in [0.25, 0.3) is 5.91 Å². The first kappa shape index (κ1) is 16.2. The molecule has 0 aliphatic carbocycles. The fourth-order valence-corrected chi connectivity index (χ4v) is 4.31. The smallest absolute Gasteiger partial charge is 0.263 e. The lowest BCUT2D eigenvalue weighted by Gasteiger charge is -2.40. The summed E-state index contributed by atoms with van der Waals surface area (Å²) in [5, 5.41) is 6.28. The molecule has 3 heterocycles. The Bertz CT molecular complexity index is 651. The number of aromatic nitrogens is 2. The predicted molar refractivity (Wildman–Crippen MR) is 92.6 cm³/mol. The Balaban J connectivity index is 1.75. The van der Waals surface area contributed by atoms with Crippen molar-refractivity contribution in [3.8, 4) is 0 Å². The highest BCUT2D eigenvalue weighted by Crippen LogP contribution is 2.35. The number of amides is 1. The zero-order valence-electron chi connectivity index (χ0n) is 14.0. The van der Waals surface area contributed by atoms with Gasteiger partial charge in [-0.2, -0.15) is 5.10 Å². The third-order valence-corrected chi connectivity index (χ3v) is 5.52. The molecule has 1 fully saturated rings. The second kappa shape index (κ2) is 6.84. The largest absolute Gasteiger partial charge is 0.341 e. The fraction of sp³-hybridized carbons (Fsp3) is 0.529. The van der Waals surface area contributed by atoms with Crippen molar-refractivity contribution in [1.82, 2.24) is 19.6 Å². The lowest BCUT2D eigenvalue weighted by molar-refractivity contribution is 0.0649. The second-order valence-electron chi connectivity index (χ2n) is 6.44. The minimum Gasteiger partial charge on any atom is -0.341 e. The van der Waals surface area contributed by atoms with Crippen molar-refractivity contribution in [2.24, 2.45) is 13.0 Å². The van der Waals surface area contributed by atoms with Crippen LogP contribution in [0.2, 0.25) is 0 Å². The molecule has 0 N–H and O–H groups in total. The molecule has 5 nitrogen and oxygen atoms in total. The van der Waals surface area contributed by atoms with E-state index in [1.54, 1.807) is 0 Å².